The number of nitrogens with zero attached hydrogens (tertiary/aromatic N) is 3. The summed E-state index contributed by atoms with van der Waals surface area (Å²) in [7, 11) is 0. The number of rotatable bonds is 3. The van der Waals surface area contributed by atoms with Crippen LogP contribution >= 0.6 is 0 Å². The van der Waals surface area contributed by atoms with Crippen LogP contribution < -0.4 is 5.32 Å². The Morgan fingerprint density at radius 1 is 1.08 bits per heavy atom. The average molecular weight is 344 g/mol. The molecule has 0 atom stereocenters. The van der Waals surface area contributed by atoms with Gasteiger partial charge in [0.25, 0.3) is 5.91 Å². The molecule has 0 radical (unpaired) electrons. The molecule has 130 valence electrons. The third kappa shape index (κ3) is 2.71. The number of fused-ring (bicyclic) bond motifs is 2. The molecule has 0 spiro atoms. The predicted octanol–water partition coefficient (Wildman–Crippen LogP) is 4.73. The molecule has 2 aromatic heterocycles. The minimum absolute atomic E-state index is 0.162. The zero-order valence-electron chi connectivity index (χ0n) is 15.0. The molecule has 0 bridgehead atoms. The summed E-state index contributed by atoms with van der Waals surface area (Å²) in [6, 6.07) is 16.0. The first kappa shape index (κ1) is 16.3. The van der Waals surface area contributed by atoms with Gasteiger partial charge in [0.05, 0.1) is 17.5 Å². The molecule has 1 N–H and O–H groups in total. The molecule has 0 aliphatic rings. The van der Waals surface area contributed by atoms with Crippen LogP contribution in [-0.2, 0) is 0 Å². The van der Waals surface area contributed by atoms with Crippen molar-refractivity contribution < 1.29 is 4.79 Å². The fourth-order valence-corrected chi connectivity index (χ4v) is 3.20. The number of carbonyl (C=O) groups excluding carboxylic acids is 1. The van der Waals surface area contributed by atoms with Crippen molar-refractivity contribution in [1.82, 2.24) is 14.8 Å². The van der Waals surface area contributed by atoms with E-state index in [0.29, 0.717) is 11.3 Å². The van der Waals surface area contributed by atoms with Crippen molar-refractivity contribution in [2.75, 3.05) is 5.32 Å². The number of pyridine rings is 1. The van der Waals surface area contributed by atoms with Gasteiger partial charge in [0.15, 0.2) is 5.65 Å². The van der Waals surface area contributed by atoms with Gasteiger partial charge in [0, 0.05) is 22.5 Å². The zero-order valence-corrected chi connectivity index (χ0v) is 15.0. The molecule has 4 rings (SSSR count). The molecule has 0 aliphatic heterocycles. The van der Waals surface area contributed by atoms with E-state index in [4.69, 9.17) is 0 Å². The van der Waals surface area contributed by atoms with Gasteiger partial charge in [-0.1, -0.05) is 36.4 Å². The first-order valence-corrected chi connectivity index (χ1v) is 8.68. The molecular weight excluding hydrogens is 324 g/mol. The molecule has 4 aromatic rings. The third-order valence-corrected chi connectivity index (χ3v) is 4.53. The Balaban J connectivity index is 1.73. The lowest BCUT2D eigenvalue weighted by molar-refractivity contribution is 0.102. The van der Waals surface area contributed by atoms with E-state index in [0.717, 1.165) is 27.5 Å². The minimum Gasteiger partial charge on any atom is -0.321 e. The minimum atomic E-state index is -0.162. The van der Waals surface area contributed by atoms with Crippen LogP contribution in [-0.4, -0.2) is 20.7 Å². The van der Waals surface area contributed by atoms with Crippen molar-refractivity contribution in [1.29, 1.82) is 0 Å². The fraction of sp³-hybridized carbons (Fsp3) is 0.190. The van der Waals surface area contributed by atoms with E-state index in [1.807, 2.05) is 60.1 Å². The highest BCUT2D eigenvalue weighted by Crippen LogP contribution is 2.25. The molecule has 0 saturated carbocycles. The Bertz CT molecular complexity index is 1120. The number of hydrogen-bond donors (Lipinski definition) is 1. The number of aromatic nitrogens is 3. The van der Waals surface area contributed by atoms with E-state index < -0.39 is 0 Å². The van der Waals surface area contributed by atoms with E-state index in [9.17, 15) is 4.79 Å². The molecule has 2 heterocycles. The van der Waals surface area contributed by atoms with Gasteiger partial charge in [-0.15, -0.1) is 0 Å². The van der Waals surface area contributed by atoms with Crippen LogP contribution in [0, 0.1) is 6.92 Å². The Kier molecular flexibility index (Phi) is 3.92. The van der Waals surface area contributed by atoms with Crippen molar-refractivity contribution in [2.45, 2.75) is 26.8 Å². The van der Waals surface area contributed by atoms with Gasteiger partial charge < -0.3 is 5.32 Å². The van der Waals surface area contributed by atoms with E-state index in [2.05, 4.69) is 29.2 Å². The van der Waals surface area contributed by atoms with Gasteiger partial charge in [-0.3, -0.25) is 4.79 Å². The molecular formula is C21H20N4O. The Morgan fingerprint density at radius 3 is 2.65 bits per heavy atom. The van der Waals surface area contributed by atoms with Crippen molar-refractivity contribution in [3.63, 3.8) is 0 Å². The van der Waals surface area contributed by atoms with Gasteiger partial charge in [-0.05, 0) is 38.3 Å². The summed E-state index contributed by atoms with van der Waals surface area (Å²) in [6.07, 6.45) is 1.76. The highest BCUT2D eigenvalue weighted by Gasteiger charge is 2.16. The monoisotopic (exact) mass is 344 g/mol. The SMILES string of the molecule is Cc1nc2c(cnn2C(C)C)cc1C(=O)Nc1cccc2ccccc12. The molecule has 1 amide bonds. The van der Waals surface area contributed by atoms with Crippen molar-refractivity contribution >= 4 is 33.4 Å². The molecule has 5 nitrogen and oxygen atoms in total. The van der Waals surface area contributed by atoms with Gasteiger partial charge in [0.1, 0.15) is 0 Å². The summed E-state index contributed by atoms with van der Waals surface area (Å²) in [6.45, 7) is 5.98. The molecule has 0 unspecified atom stereocenters. The topological polar surface area (TPSA) is 59.8 Å². The Hall–Kier alpha value is -3.21. The maximum absolute atomic E-state index is 12.9. The van der Waals surface area contributed by atoms with Gasteiger partial charge >= 0.3 is 0 Å². The number of hydrogen-bond acceptors (Lipinski definition) is 3. The first-order valence-electron chi connectivity index (χ1n) is 8.68. The fourth-order valence-electron chi connectivity index (χ4n) is 3.20. The van der Waals surface area contributed by atoms with Gasteiger partial charge in [-0.25, -0.2) is 9.67 Å². The van der Waals surface area contributed by atoms with E-state index in [-0.39, 0.29) is 11.9 Å². The van der Waals surface area contributed by atoms with E-state index >= 15 is 0 Å². The summed E-state index contributed by atoms with van der Waals surface area (Å²) in [4.78, 5) is 17.5. The average Bonchev–Trinajstić information content (AvgIpc) is 3.04. The maximum Gasteiger partial charge on any atom is 0.257 e. The number of amides is 1. The number of carbonyl (C=O) groups is 1. The Labute approximate surface area is 151 Å². The molecule has 0 aliphatic carbocycles. The van der Waals surface area contributed by atoms with Crippen molar-refractivity contribution in [3.8, 4) is 0 Å². The van der Waals surface area contributed by atoms with Crippen molar-refractivity contribution in [3.05, 3.63) is 66.0 Å². The number of nitrogens with one attached hydrogen (secondary N) is 1. The van der Waals surface area contributed by atoms with Crippen LogP contribution in [0.25, 0.3) is 21.8 Å². The van der Waals surface area contributed by atoms with E-state index in [1.54, 1.807) is 6.20 Å². The van der Waals surface area contributed by atoms with Crippen LogP contribution in [0.2, 0.25) is 0 Å². The summed E-state index contributed by atoms with van der Waals surface area (Å²) >= 11 is 0. The second-order valence-corrected chi connectivity index (χ2v) is 6.70. The number of anilines is 1. The standard InChI is InChI=1S/C21H20N4O/c1-13(2)25-20-16(12-22-25)11-18(14(3)23-20)21(26)24-19-10-6-8-15-7-4-5-9-17(15)19/h4-13H,1-3H3,(H,24,26). The van der Waals surface area contributed by atoms with Crippen LogP contribution in [0.3, 0.4) is 0 Å². The smallest absolute Gasteiger partial charge is 0.257 e. The highest BCUT2D eigenvalue weighted by atomic mass is 16.1. The normalized spacial score (nSPS) is 11.4. The molecule has 0 fully saturated rings. The molecule has 26 heavy (non-hydrogen) atoms. The Morgan fingerprint density at radius 2 is 1.85 bits per heavy atom. The maximum atomic E-state index is 12.9. The highest BCUT2D eigenvalue weighted by molar-refractivity contribution is 6.10. The largest absolute Gasteiger partial charge is 0.321 e. The molecule has 0 saturated heterocycles. The lowest BCUT2D eigenvalue weighted by Gasteiger charge is -2.11. The van der Waals surface area contributed by atoms with Crippen LogP contribution in [0.1, 0.15) is 35.9 Å². The molecule has 5 heteroatoms. The van der Waals surface area contributed by atoms with Crippen LogP contribution in [0.15, 0.2) is 54.7 Å². The van der Waals surface area contributed by atoms with Crippen LogP contribution in [0.4, 0.5) is 5.69 Å². The lowest BCUT2D eigenvalue weighted by atomic mass is 10.1. The molecule has 2 aromatic carbocycles. The first-order chi connectivity index (χ1) is 12.5. The van der Waals surface area contributed by atoms with Gasteiger partial charge in [0.2, 0.25) is 0 Å². The quantitative estimate of drug-likeness (QED) is 0.585. The van der Waals surface area contributed by atoms with Crippen molar-refractivity contribution in [2.24, 2.45) is 0 Å². The van der Waals surface area contributed by atoms with Gasteiger partial charge in [-0.2, -0.15) is 5.10 Å². The number of aryl methyl sites for hydroxylation is 1. The lowest BCUT2D eigenvalue weighted by Crippen LogP contribution is -2.15. The summed E-state index contributed by atoms with van der Waals surface area (Å²) in [5.74, 6) is -0.162. The summed E-state index contributed by atoms with van der Waals surface area (Å²) < 4.78 is 1.87. The zero-order chi connectivity index (χ0) is 18.3. The second kappa shape index (κ2) is 6.26. The summed E-state index contributed by atoms with van der Waals surface area (Å²) in [5, 5.41) is 10.4. The second-order valence-electron chi connectivity index (χ2n) is 6.70. The number of benzene rings is 2. The predicted molar refractivity (Wildman–Crippen MR) is 105 cm³/mol. The van der Waals surface area contributed by atoms with E-state index in [1.165, 1.54) is 0 Å². The van der Waals surface area contributed by atoms with Crippen LogP contribution in [0.5, 0.6) is 0 Å². The third-order valence-electron chi connectivity index (χ3n) is 4.53. The summed E-state index contributed by atoms with van der Waals surface area (Å²) in [5.41, 5.74) is 2.86.